The Kier molecular flexibility index (Phi) is 5.62. The molecular weight excluding hydrogens is 438 g/mol. The van der Waals surface area contributed by atoms with E-state index < -0.39 is 5.91 Å². The van der Waals surface area contributed by atoms with Crippen molar-refractivity contribution in [2.24, 2.45) is 4.99 Å². The van der Waals surface area contributed by atoms with E-state index in [0.717, 1.165) is 25.9 Å². The van der Waals surface area contributed by atoms with Crippen molar-refractivity contribution in [2.45, 2.75) is 19.4 Å². The number of amides is 3. The summed E-state index contributed by atoms with van der Waals surface area (Å²) in [6.07, 6.45) is 0.382. The number of ether oxygens (including phenoxy) is 1. The molecule has 0 unspecified atom stereocenters. The van der Waals surface area contributed by atoms with E-state index in [1.54, 1.807) is 31.4 Å². The molecule has 0 spiro atoms. The molecule has 4 aromatic rings. The Hall–Kier alpha value is -3.62. The minimum absolute atomic E-state index is 0.191. The first-order valence-corrected chi connectivity index (χ1v) is 11.4. The Labute approximate surface area is 193 Å². The molecule has 3 aromatic carbocycles. The number of aromatic nitrogens is 1. The number of rotatable bonds is 5. The zero-order valence-corrected chi connectivity index (χ0v) is 18.8. The first-order valence-electron chi connectivity index (χ1n) is 10.6. The van der Waals surface area contributed by atoms with Crippen molar-refractivity contribution in [2.75, 3.05) is 18.6 Å². The fourth-order valence-corrected chi connectivity index (χ4v) is 5.27. The number of hydrogen-bond donors (Lipinski definition) is 0. The quantitative estimate of drug-likeness (QED) is 0.424. The van der Waals surface area contributed by atoms with Crippen LogP contribution < -0.4 is 9.70 Å². The highest BCUT2D eigenvalue weighted by Crippen LogP contribution is 2.28. The number of imide groups is 1. The topological polar surface area (TPSA) is 81.0 Å². The lowest BCUT2D eigenvalue weighted by Crippen LogP contribution is -2.28. The van der Waals surface area contributed by atoms with E-state index in [1.165, 1.54) is 11.3 Å². The van der Waals surface area contributed by atoms with Gasteiger partial charge in [-0.3, -0.25) is 19.3 Å². The van der Waals surface area contributed by atoms with Crippen molar-refractivity contribution in [3.05, 3.63) is 71.0 Å². The predicted molar refractivity (Wildman–Crippen MR) is 127 cm³/mol. The number of nitrogens with zero attached hydrogens (tertiary/aromatic N) is 3. The third-order valence-corrected chi connectivity index (χ3v) is 6.82. The van der Waals surface area contributed by atoms with E-state index >= 15 is 0 Å². The maximum Gasteiger partial charge on any atom is 0.279 e. The summed E-state index contributed by atoms with van der Waals surface area (Å²) in [6.45, 7) is 1.03. The Morgan fingerprint density at radius 2 is 1.82 bits per heavy atom. The number of thiazole rings is 1. The van der Waals surface area contributed by atoms with Crippen LogP contribution in [-0.4, -0.2) is 36.0 Å². The molecule has 0 N–H and O–H groups in total. The van der Waals surface area contributed by atoms with E-state index in [-0.39, 0.29) is 24.7 Å². The molecule has 0 atom stereocenters. The Bertz CT molecular complexity index is 1470. The van der Waals surface area contributed by atoms with E-state index in [1.807, 2.05) is 22.8 Å². The Morgan fingerprint density at radius 1 is 1.03 bits per heavy atom. The van der Waals surface area contributed by atoms with Crippen LogP contribution in [0, 0.1) is 0 Å². The van der Waals surface area contributed by atoms with Gasteiger partial charge in [0.1, 0.15) is 0 Å². The minimum atomic E-state index is -0.432. The van der Waals surface area contributed by atoms with Gasteiger partial charge in [-0.2, -0.15) is 4.99 Å². The summed E-state index contributed by atoms with van der Waals surface area (Å²) < 4.78 is 8.32. The number of methoxy groups -OCH3 is 1. The highest BCUT2D eigenvalue weighted by Gasteiger charge is 2.30. The number of hydrogen-bond acceptors (Lipinski definition) is 5. The van der Waals surface area contributed by atoms with Crippen molar-refractivity contribution in [3.8, 4) is 0 Å². The van der Waals surface area contributed by atoms with Crippen LogP contribution >= 0.6 is 11.3 Å². The lowest BCUT2D eigenvalue weighted by Gasteiger charge is -2.14. The van der Waals surface area contributed by atoms with Crippen LogP contribution in [0.3, 0.4) is 0 Å². The zero-order valence-electron chi connectivity index (χ0n) is 18.0. The molecule has 0 bridgehead atoms. The van der Waals surface area contributed by atoms with Crippen molar-refractivity contribution in [3.63, 3.8) is 0 Å². The summed E-state index contributed by atoms with van der Waals surface area (Å²) in [4.78, 5) is 43.4. The standard InChI is InChI=1S/C25H21N3O4S/c1-32-14-13-27-20-10-9-16-5-2-3-8-19(16)23(20)33-25(27)26-24(31)17-6-4-7-18(15-17)28-21(29)11-12-22(28)30/h2-10,15H,11-14H2,1H3. The van der Waals surface area contributed by atoms with Crippen LogP contribution in [0.5, 0.6) is 0 Å². The number of carbonyl (C=O) groups is 3. The molecule has 1 fully saturated rings. The van der Waals surface area contributed by atoms with Gasteiger partial charge in [-0.1, -0.05) is 47.7 Å². The molecule has 33 heavy (non-hydrogen) atoms. The lowest BCUT2D eigenvalue weighted by atomic mass is 10.1. The fraction of sp³-hybridized carbons (Fsp3) is 0.200. The molecule has 166 valence electrons. The molecule has 5 rings (SSSR count). The van der Waals surface area contributed by atoms with Gasteiger partial charge in [0.15, 0.2) is 4.80 Å². The summed E-state index contributed by atoms with van der Waals surface area (Å²) in [5.41, 5.74) is 1.71. The number of fused-ring (bicyclic) bond motifs is 3. The van der Waals surface area contributed by atoms with Crippen LogP contribution in [-0.2, 0) is 20.9 Å². The van der Waals surface area contributed by atoms with Crippen LogP contribution in [0.1, 0.15) is 23.2 Å². The second kappa shape index (κ2) is 8.73. The van der Waals surface area contributed by atoms with Crippen molar-refractivity contribution in [1.29, 1.82) is 0 Å². The van der Waals surface area contributed by atoms with Gasteiger partial charge in [0.05, 0.1) is 22.5 Å². The number of benzene rings is 3. The molecule has 1 saturated heterocycles. The van der Waals surface area contributed by atoms with Crippen LogP contribution in [0.4, 0.5) is 5.69 Å². The molecule has 8 heteroatoms. The summed E-state index contributed by atoms with van der Waals surface area (Å²) in [5, 5.41) is 2.23. The first-order chi connectivity index (χ1) is 16.1. The molecule has 1 aromatic heterocycles. The minimum Gasteiger partial charge on any atom is -0.383 e. The number of anilines is 1. The van der Waals surface area contributed by atoms with Gasteiger partial charge in [0.25, 0.3) is 5.91 Å². The summed E-state index contributed by atoms with van der Waals surface area (Å²) >= 11 is 1.46. The average molecular weight is 460 g/mol. The largest absolute Gasteiger partial charge is 0.383 e. The van der Waals surface area contributed by atoms with E-state index in [9.17, 15) is 14.4 Å². The van der Waals surface area contributed by atoms with E-state index in [2.05, 4.69) is 23.2 Å². The maximum absolute atomic E-state index is 13.1. The van der Waals surface area contributed by atoms with Crippen molar-refractivity contribution < 1.29 is 19.1 Å². The van der Waals surface area contributed by atoms with E-state index in [4.69, 9.17) is 4.74 Å². The molecule has 3 amide bonds. The van der Waals surface area contributed by atoms with E-state index in [0.29, 0.717) is 29.2 Å². The zero-order chi connectivity index (χ0) is 22.9. The van der Waals surface area contributed by atoms with Crippen molar-refractivity contribution in [1.82, 2.24) is 4.57 Å². The Balaban J connectivity index is 1.60. The molecular formula is C25H21N3O4S. The molecule has 2 heterocycles. The van der Waals surface area contributed by atoms with Gasteiger partial charge < -0.3 is 9.30 Å². The van der Waals surface area contributed by atoms with Gasteiger partial charge in [-0.15, -0.1) is 0 Å². The third kappa shape index (κ3) is 3.88. The summed E-state index contributed by atoms with van der Waals surface area (Å²) in [7, 11) is 1.64. The fourth-order valence-electron chi connectivity index (χ4n) is 4.08. The summed E-state index contributed by atoms with van der Waals surface area (Å²) in [6, 6.07) is 18.7. The highest BCUT2D eigenvalue weighted by atomic mass is 32.1. The van der Waals surface area contributed by atoms with Gasteiger partial charge in [0.2, 0.25) is 11.8 Å². The second-order valence-electron chi connectivity index (χ2n) is 7.75. The molecule has 7 nitrogen and oxygen atoms in total. The molecule has 0 aliphatic carbocycles. The Morgan fingerprint density at radius 3 is 2.61 bits per heavy atom. The highest BCUT2D eigenvalue weighted by molar-refractivity contribution is 7.17. The lowest BCUT2D eigenvalue weighted by molar-refractivity contribution is -0.121. The molecule has 0 radical (unpaired) electrons. The first kappa shape index (κ1) is 21.2. The smallest absolute Gasteiger partial charge is 0.279 e. The van der Waals surface area contributed by atoms with Gasteiger partial charge in [-0.25, -0.2) is 0 Å². The van der Waals surface area contributed by atoms with Crippen molar-refractivity contribution >= 4 is 55.7 Å². The second-order valence-corrected chi connectivity index (χ2v) is 8.73. The average Bonchev–Trinajstić information content (AvgIpc) is 3.36. The SMILES string of the molecule is COCCn1c(=NC(=O)c2cccc(N3C(=O)CCC3=O)c2)sc2c3ccccc3ccc21. The normalized spacial score (nSPS) is 14.7. The maximum atomic E-state index is 13.1. The van der Waals surface area contributed by atoms with Gasteiger partial charge in [-0.05, 0) is 29.7 Å². The molecule has 1 aliphatic heterocycles. The molecule has 0 saturated carbocycles. The summed E-state index contributed by atoms with van der Waals surface area (Å²) in [5.74, 6) is -0.941. The monoisotopic (exact) mass is 459 g/mol. The van der Waals surface area contributed by atoms with Crippen LogP contribution in [0.15, 0.2) is 65.7 Å². The third-order valence-electron chi connectivity index (χ3n) is 5.69. The number of carbonyl (C=O) groups excluding carboxylic acids is 3. The predicted octanol–water partition coefficient (Wildman–Crippen LogP) is 3.90. The van der Waals surface area contributed by atoms with Crippen LogP contribution in [0.2, 0.25) is 0 Å². The van der Waals surface area contributed by atoms with Gasteiger partial charge >= 0.3 is 0 Å². The van der Waals surface area contributed by atoms with Crippen LogP contribution in [0.25, 0.3) is 21.0 Å². The molecule has 1 aliphatic rings. The van der Waals surface area contributed by atoms with Gasteiger partial charge in [0, 0.05) is 37.4 Å².